The van der Waals surface area contributed by atoms with Crippen LogP contribution in [0, 0.1) is 6.92 Å². The largest absolute Gasteiger partial charge is 0.491 e. The minimum absolute atomic E-state index is 0.0285. The van der Waals surface area contributed by atoms with E-state index in [0.717, 1.165) is 16.7 Å². The molecule has 1 aromatic heterocycles. The van der Waals surface area contributed by atoms with Gasteiger partial charge in [-0.25, -0.2) is 19.4 Å². The Kier molecular flexibility index (Phi) is 5.37. The van der Waals surface area contributed by atoms with Gasteiger partial charge in [-0.05, 0) is 47.4 Å². The van der Waals surface area contributed by atoms with Gasteiger partial charge >= 0.3 is 0 Å². The van der Waals surface area contributed by atoms with E-state index >= 15 is 0 Å². The minimum atomic E-state index is -1.34. The number of carbonyl (C=O) groups excluding carboxylic acids is 1. The molecule has 0 fully saturated rings. The van der Waals surface area contributed by atoms with Gasteiger partial charge in [-0.15, -0.1) is 0 Å². The lowest BCUT2D eigenvalue weighted by Crippen LogP contribution is -2.41. The summed E-state index contributed by atoms with van der Waals surface area (Å²) >= 11 is 0. The lowest BCUT2D eigenvalue weighted by Gasteiger charge is -2.27. The van der Waals surface area contributed by atoms with E-state index in [4.69, 9.17) is 10.5 Å². The molecule has 0 radical (unpaired) electrons. The highest BCUT2D eigenvalue weighted by Crippen LogP contribution is 2.41. The first kappa shape index (κ1) is 20.5. The van der Waals surface area contributed by atoms with Crippen LogP contribution in [0.25, 0.3) is 11.1 Å². The Morgan fingerprint density at radius 1 is 1.10 bits per heavy atom. The summed E-state index contributed by atoms with van der Waals surface area (Å²) < 4.78 is 18.0. The van der Waals surface area contributed by atoms with E-state index in [-0.39, 0.29) is 18.5 Å². The standard InChI is InChI=1S/C23H22FN5O2/c1-15-10-19(6-7-20(15)31-9-8-24)23(21(30)29(2)22(25)28-23)18-5-3-4-16(11-18)17-12-26-14-27-13-17/h3-7,10-14H,8-9H2,1-2H3,(H2,25,28)/t23-/m1/s1. The number of ether oxygens (including phenoxy) is 1. The van der Waals surface area contributed by atoms with Gasteiger partial charge in [-0.2, -0.15) is 0 Å². The molecule has 1 amide bonds. The molecule has 7 nitrogen and oxygen atoms in total. The smallest absolute Gasteiger partial charge is 0.266 e. The van der Waals surface area contributed by atoms with Crippen LogP contribution in [0.2, 0.25) is 0 Å². The van der Waals surface area contributed by atoms with Crippen molar-refractivity contribution in [2.24, 2.45) is 10.7 Å². The predicted molar refractivity (Wildman–Crippen MR) is 115 cm³/mol. The minimum Gasteiger partial charge on any atom is -0.491 e. The molecule has 2 N–H and O–H groups in total. The molecule has 3 aromatic rings. The molecule has 8 heteroatoms. The van der Waals surface area contributed by atoms with Crippen LogP contribution in [0.3, 0.4) is 0 Å². The molecule has 0 saturated heterocycles. The molecule has 0 unspecified atom stereocenters. The molecular weight excluding hydrogens is 397 g/mol. The van der Waals surface area contributed by atoms with Gasteiger partial charge in [0.25, 0.3) is 5.91 Å². The topological polar surface area (TPSA) is 93.7 Å². The monoisotopic (exact) mass is 419 g/mol. The Hall–Kier alpha value is -3.81. The highest BCUT2D eigenvalue weighted by molar-refractivity contribution is 6.09. The Balaban J connectivity index is 1.87. The molecule has 158 valence electrons. The zero-order valence-corrected chi connectivity index (χ0v) is 17.2. The van der Waals surface area contributed by atoms with E-state index in [9.17, 15) is 9.18 Å². The zero-order chi connectivity index (χ0) is 22.0. The number of hydrogen-bond donors (Lipinski definition) is 1. The molecule has 31 heavy (non-hydrogen) atoms. The Bertz CT molecular complexity index is 1150. The van der Waals surface area contributed by atoms with Crippen molar-refractivity contribution in [3.8, 4) is 16.9 Å². The van der Waals surface area contributed by atoms with E-state index in [0.29, 0.717) is 16.9 Å². The summed E-state index contributed by atoms with van der Waals surface area (Å²) in [4.78, 5) is 27.6. The number of nitrogens with zero attached hydrogens (tertiary/aromatic N) is 4. The van der Waals surface area contributed by atoms with Crippen molar-refractivity contribution in [3.63, 3.8) is 0 Å². The first-order valence-electron chi connectivity index (χ1n) is 9.76. The van der Waals surface area contributed by atoms with Gasteiger partial charge in [0.2, 0.25) is 0 Å². The summed E-state index contributed by atoms with van der Waals surface area (Å²) in [5.41, 5.74) is 8.50. The number of rotatable bonds is 6. The first-order valence-corrected chi connectivity index (χ1v) is 9.76. The highest BCUT2D eigenvalue weighted by atomic mass is 19.1. The zero-order valence-electron chi connectivity index (χ0n) is 17.2. The number of benzene rings is 2. The lowest BCUT2D eigenvalue weighted by atomic mass is 9.81. The summed E-state index contributed by atoms with van der Waals surface area (Å²) in [7, 11) is 1.60. The summed E-state index contributed by atoms with van der Waals surface area (Å²) in [6, 6.07) is 12.9. The van der Waals surface area contributed by atoms with Gasteiger partial charge in [0.05, 0.1) is 0 Å². The number of likely N-dealkylation sites (N-methyl/N-ethyl adjacent to an activating group) is 1. The maximum absolute atomic E-state index is 13.5. The number of hydrogen-bond acceptors (Lipinski definition) is 6. The van der Waals surface area contributed by atoms with Crippen LogP contribution in [-0.4, -0.2) is 47.1 Å². The van der Waals surface area contributed by atoms with E-state index in [1.807, 2.05) is 37.3 Å². The normalized spacial score (nSPS) is 18.2. The SMILES string of the molecule is Cc1cc([C@@]2(c3cccc(-c4cncnc4)c3)N=C(N)N(C)C2=O)ccc1OCCF. The second kappa shape index (κ2) is 8.14. The molecule has 1 atom stereocenters. The Labute approximate surface area is 179 Å². The van der Waals surface area contributed by atoms with Crippen molar-refractivity contribution in [1.29, 1.82) is 0 Å². The fourth-order valence-corrected chi connectivity index (χ4v) is 3.74. The van der Waals surface area contributed by atoms with Crippen LogP contribution >= 0.6 is 0 Å². The maximum Gasteiger partial charge on any atom is 0.266 e. The van der Waals surface area contributed by atoms with Gasteiger partial charge in [0.1, 0.15) is 25.4 Å². The number of amides is 1. The van der Waals surface area contributed by atoms with E-state index < -0.39 is 12.2 Å². The molecule has 4 rings (SSSR count). The molecule has 0 aliphatic carbocycles. The van der Waals surface area contributed by atoms with Crippen LogP contribution in [0.15, 0.2) is 66.2 Å². The van der Waals surface area contributed by atoms with E-state index in [1.165, 1.54) is 11.2 Å². The van der Waals surface area contributed by atoms with E-state index in [1.54, 1.807) is 31.6 Å². The molecule has 0 saturated carbocycles. The summed E-state index contributed by atoms with van der Waals surface area (Å²) in [5, 5.41) is 0. The number of alkyl halides is 1. The van der Waals surface area contributed by atoms with Crippen LogP contribution in [0.5, 0.6) is 5.75 Å². The van der Waals surface area contributed by atoms with Crippen LogP contribution in [0.1, 0.15) is 16.7 Å². The number of nitrogens with two attached hydrogens (primary N) is 1. The van der Waals surface area contributed by atoms with Crippen molar-refractivity contribution in [1.82, 2.24) is 14.9 Å². The summed E-state index contributed by atoms with van der Waals surface area (Å²) in [6.07, 6.45) is 4.88. The molecule has 0 bridgehead atoms. The molecule has 0 spiro atoms. The van der Waals surface area contributed by atoms with Crippen molar-refractivity contribution in [2.45, 2.75) is 12.5 Å². The Morgan fingerprint density at radius 3 is 2.48 bits per heavy atom. The van der Waals surface area contributed by atoms with Crippen molar-refractivity contribution in [3.05, 3.63) is 77.9 Å². The highest BCUT2D eigenvalue weighted by Gasteiger charge is 2.49. The van der Waals surface area contributed by atoms with Gasteiger partial charge in [0.15, 0.2) is 11.5 Å². The fourth-order valence-electron chi connectivity index (χ4n) is 3.74. The number of halogens is 1. The Morgan fingerprint density at radius 2 is 1.84 bits per heavy atom. The van der Waals surface area contributed by atoms with Crippen LogP contribution < -0.4 is 10.5 Å². The summed E-state index contributed by atoms with van der Waals surface area (Å²) in [5.74, 6) is 0.430. The van der Waals surface area contributed by atoms with Gasteiger partial charge in [-0.1, -0.05) is 24.3 Å². The quantitative estimate of drug-likeness (QED) is 0.663. The third-order valence-electron chi connectivity index (χ3n) is 5.34. The maximum atomic E-state index is 13.5. The molecule has 1 aliphatic rings. The average molecular weight is 419 g/mol. The first-order chi connectivity index (χ1) is 15.0. The molecule has 2 aromatic carbocycles. The number of carbonyl (C=O) groups is 1. The third kappa shape index (κ3) is 3.50. The number of aliphatic imine (C=N–C) groups is 1. The second-order valence-corrected chi connectivity index (χ2v) is 7.27. The lowest BCUT2D eigenvalue weighted by molar-refractivity contribution is -0.129. The molecule has 1 aliphatic heterocycles. The second-order valence-electron chi connectivity index (χ2n) is 7.27. The molecule has 2 heterocycles. The fraction of sp³-hybridized carbons (Fsp3) is 0.217. The number of aryl methyl sites for hydroxylation is 1. The van der Waals surface area contributed by atoms with Gasteiger partial charge < -0.3 is 10.5 Å². The van der Waals surface area contributed by atoms with Crippen molar-refractivity contribution in [2.75, 3.05) is 20.3 Å². The van der Waals surface area contributed by atoms with Gasteiger partial charge in [0, 0.05) is 25.0 Å². The van der Waals surface area contributed by atoms with Crippen LogP contribution in [-0.2, 0) is 10.3 Å². The van der Waals surface area contributed by atoms with Gasteiger partial charge in [-0.3, -0.25) is 9.69 Å². The number of guanidine groups is 1. The van der Waals surface area contributed by atoms with Crippen molar-refractivity contribution < 1.29 is 13.9 Å². The predicted octanol–water partition coefficient (Wildman–Crippen LogP) is 2.83. The summed E-state index contributed by atoms with van der Waals surface area (Å²) in [6.45, 7) is 1.24. The number of aromatic nitrogens is 2. The van der Waals surface area contributed by atoms with Crippen LogP contribution in [0.4, 0.5) is 4.39 Å². The van der Waals surface area contributed by atoms with E-state index in [2.05, 4.69) is 15.0 Å². The van der Waals surface area contributed by atoms with Crippen molar-refractivity contribution >= 4 is 11.9 Å². The average Bonchev–Trinajstić information content (AvgIpc) is 3.03. The third-order valence-corrected chi connectivity index (χ3v) is 5.34. The molecular formula is C23H22FN5O2.